The summed E-state index contributed by atoms with van der Waals surface area (Å²) in [7, 11) is 0. The smallest absolute Gasteiger partial charge is 0.355 e. The molecule has 41 heavy (non-hydrogen) atoms. The van der Waals surface area contributed by atoms with E-state index in [1.54, 1.807) is 24.0 Å². The number of hydrogen-bond donors (Lipinski definition) is 1. The topological polar surface area (TPSA) is 91.6 Å². The Hall–Kier alpha value is -3.88. The highest BCUT2D eigenvalue weighted by atomic mass is 35.5. The summed E-state index contributed by atoms with van der Waals surface area (Å²) >= 11 is 13.5. The van der Waals surface area contributed by atoms with Crippen LogP contribution >= 0.6 is 23.2 Å². The summed E-state index contributed by atoms with van der Waals surface area (Å²) in [6, 6.07) is 12.4. The quantitative estimate of drug-likeness (QED) is 0.281. The van der Waals surface area contributed by atoms with Gasteiger partial charge < -0.3 is 14.9 Å². The second-order valence-electron chi connectivity index (χ2n) is 10.6. The number of carbonyl (C=O) groups is 1. The Kier molecular flexibility index (Phi) is 7.81. The van der Waals surface area contributed by atoms with E-state index < -0.39 is 5.69 Å². The monoisotopic (exact) mass is 591 g/mol. The maximum Gasteiger partial charge on any atom is 0.355 e. The van der Waals surface area contributed by atoms with Gasteiger partial charge in [-0.15, -0.1) is 0 Å². The van der Waals surface area contributed by atoms with E-state index in [1.807, 2.05) is 36.1 Å². The summed E-state index contributed by atoms with van der Waals surface area (Å²) in [5.74, 6) is 0.458. The number of piperazine rings is 1. The first-order valence-corrected chi connectivity index (χ1v) is 14.2. The van der Waals surface area contributed by atoms with Gasteiger partial charge in [0.15, 0.2) is 5.65 Å². The molecule has 10 heteroatoms. The van der Waals surface area contributed by atoms with Crippen molar-refractivity contribution in [1.82, 2.24) is 19.4 Å². The number of nitrogens with zero attached hydrogens (tertiary/aromatic N) is 5. The van der Waals surface area contributed by atoms with Gasteiger partial charge in [0.25, 0.3) is 0 Å². The number of anilines is 1. The first-order valence-electron chi connectivity index (χ1n) is 13.4. The molecule has 0 saturated carbocycles. The van der Waals surface area contributed by atoms with Gasteiger partial charge in [-0.05, 0) is 61.2 Å². The lowest BCUT2D eigenvalue weighted by molar-refractivity contribution is -0.126. The van der Waals surface area contributed by atoms with Gasteiger partial charge in [-0.2, -0.15) is 4.98 Å². The maximum atomic E-state index is 13.9. The zero-order valence-electron chi connectivity index (χ0n) is 23.4. The van der Waals surface area contributed by atoms with Crippen LogP contribution in [0.25, 0.3) is 28.0 Å². The average Bonchev–Trinajstić information content (AvgIpc) is 2.94. The Balaban J connectivity index is 1.81. The van der Waals surface area contributed by atoms with Crippen LogP contribution in [-0.2, 0) is 4.79 Å². The minimum absolute atomic E-state index is 0.0265. The third-order valence-corrected chi connectivity index (χ3v) is 8.27. The van der Waals surface area contributed by atoms with Gasteiger partial charge in [0, 0.05) is 31.2 Å². The maximum absolute atomic E-state index is 13.9. The van der Waals surface area contributed by atoms with Crippen molar-refractivity contribution in [3.8, 4) is 22.7 Å². The van der Waals surface area contributed by atoms with Gasteiger partial charge in [-0.3, -0.25) is 4.79 Å². The Morgan fingerprint density at radius 1 is 1.15 bits per heavy atom. The second-order valence-corrected chi connectivity index (χ2v) is 11.4. The molecule has 1 fully saturated rings. The molecule has 2 aromatic carbocycles. The lowest BCUT2D eigenvalue weighted by Crippen LogP contribution is -2.54. The average molecular weight is 593 g/mol. The number of phenolic OH excluding ortho intramolecular Hbond substituents is 1. The predicted molar refractivity (Wildman–Crippen MR) is 165 cm³/mol. The molecule has 1 N–H and O–H groups in total. The number of pyridine rings is 1. The molecule has 1 aliphatic rings. The summed E-state index contributed by atoms with van der Waals surface area (Å²) in [6.45, 7) is 12.9. The number of benzene rings is 2. The molecule has 0 radical (unpaired) electrons. The SMILES string of the molecule is C=CC(=O)N1CCN(c2nc(=O)n(-c3ccccc3C(C)C)c3nc(-c4cc(O)cc(C)c4Cl)c(Cl)cc23)[C@@H](C)C1. The number of amides is 1. The van der Waals surface area contributed by atoms with Crippen molar-refractivity contribution in [3.63, 3.8) is 0 Å². The fraction of sp³-hybridized carbons (Fsp3) is 0.290. The molecule has 212 valence electrons. The summed E-state index contributed by atoms with van der Waals surface area (Å²) in [5.41, 5.74) is 2.96. The van der Waals surface area contributed by atoms with E-state index in [9.17, 15) is 14.7 Å². The molecule has 1 atom stereocenters. The van der Waals surface area contributed by atoms with Gasteiger partial charge in [0.1, 0.15) is 11.6 Å². The van der Waals surface area contributed by atoms with Crippen LogP contribution in [0.15, 0.2) is 59.9 Å². The number of hydrogen-bond acceptors (Lipinski definition) is 6. The van der Waals surface area contributed by atoms with Crippen molar-refractivity contribution in [2.75, 3.05) is 24.5 Å². The van der Waals surface area contributed by atoms with Crippen molar-refractivity contribution in [2.24, 2.45) is 0 Å². The lowest BCUT2D eigenvalue weighted by atomic mass is 10.0. The zero-order chi connectivity index (χ0) is 29.6. The van der Waals surface area contributed by atoms with Crippen LogP contribution in [-0.4, -0.2) is 56.1 Å². The van der Waals surface area contributed by atoms with Crippen LogP contribution in [0.4, 0.5) is 5.82 Å². The first-order chi connectivity index (χ1) is 19.5. The van der Waals surface area contributed by atoms with Crippen LogP contribution in [0.2, 0.25) is 10.0 Å². The molecule has 0 aliphatic carbocycles. The number of halogens is 2. The highest BCUT2D eigenvalue weighted by molar-refractivity contribution is 6.37. The van der Waals surface area contributed by atoms with Crippen LogP contribution in [0, 0.1) is 6.92 Å². The van der Waals surface area contributed by atoms with Gasteiger partial charge in [-0.25, -0.2) is 14.3 Å². The van der Waals surface area contributed by atoms with Gasteiger partial charge in [-0.1, -0.05) is 61.8 Å². The highest BCUT2D eigenvalue weighted by Gasteiger charge is 2.30. The Labute approximate surface area is 248 Å². The Morgan fingerprint density at radius 3 is 2.56 bits per heavy atom. The fourth-order valence-corrected chi connectivity index (χ4v) is 5.89. The van der Waals surface area contributed by atoms with Crippen LogP contribution in [0.1, 0.15) is 37.8 Å². The lowest BCUT2D eigenvalue weighted by Gasteiger charge is -2.40. The van der Waals surface area contributed by atoms with E-state index in [2.05, 4.69) is 25.4 Å². The van der Waals surface area contributed by atoms with E-state index in [0.717, 1.165) is 5.56 Å². The van der Waals surface area contributed by atoms with Crippen molar-refractivity contribution >= 4 is 46.0 Å². The molecule has 0 spiro atoms. The summed E-state index contributed by atoms with van der Waals surface area (Å²) in [5, 5.41) is 11.6. The number of para-hydroxylation sites is 1. The Bertz CT molecular complexity index is 1750. The molecule has 5 rings (SSSR count). The van der Waals surface area contributed by atoms with E-state index >= 15 is 0 Å². The minimum atomic E-state index is -0.489. The fourth-order valence-electron chi connectivity index (χ4n) is 5.43. The highest BCUT2D eigenvalue weighted by Crippen LogP contribution is 2.39. The Morgan fingerprint density at radius 2 is 1.88 bits per heavy atom. The molecular weight excluding hydrogens is 561 g/mol. The third-order valence-electron chi connectivity index (χ3n) is 7.48. The van der Waals surface area contributed by atoms with E-state index in [-0.39, 0.29) is 23.6 Å². The number of rotatable bonds is 5. The summed E-state index contributed by atoms with van der Waals surface area (Å²) < 4.78 is 1.51. The van der Waals surface area contributed by atoms with Crippen molar-refractivity contribution < 1.29 is 9.90 Å². The minimum Gasteiger partial charge on any atom is -0.508 e. The third kappa shape index (κ3) is 5.18. The summed E-state index contributed by atoms with van der Waals surface area (Å²) in [6.07, 6.45) is 1.31. The number of fused-ring (bicyclic) bond motifs is 1. The van der Waals surface area contributed by atoms with Crippen LogP contribution < -0.4 is 10.6 Å². The predicted octanol–water partition coefficient (Wildman–Crippen LogP) is 6.12. The molecule has 1 aliphatic heterocycles. The molecule has 0 bridgehead atoms. The number of aromatic hydroxyl groups is 1. The molecule has 4 aromatic rings. The number of carbonyl (C=O) groups excluding carboxylic acids is 1. The van der Waals surface area contributed by atoms with E-state index in [1.165, 1.54) is 16.7 Å². The molecule has 1 amide bonds. The largest absolute Gasteiger partial charge is 0.508 e. The van der Waals surface area contributed by atoms with Crippen molar-refractivity contribution in [3.05, 3.63) is 86.8 Å². The normalized spacial score (nSPS) is 15.5. The van der Waals surface area contributed by atoms with Crippen LogP contribution in [0.5, 0.6) is 5.75 Å². The first kappa shape index (κ1) is 28.6. The number of aromatic nitrogens is 3. The summed E-state index contributed by atoms with van der Waals surface area (Å²) in [4.78, 5) is 39.5. The molecule has 8 nitrogen and oxygen atoms in total. The molecular formula is C31H31Cl2N5O3. The van der Waals surface area contributed by atoms with E-state index in [4.69, 9.17) is 28.2 Å². The van der Waals surface area contributed by atoms with Gasteiger partial charge in [0.2, 0.25) is 5.91 Å². The number of aryl methyl sites for hydroxylation is 1. The second kappa shape index (κ2) is 11.2. The molecule has 0 unspecified atom stereocenters. The van der Waals surface area contributed by atoms with Crippen molar-refractivity contribution in [2.45, 2.75) is 39.7 Å². The van der Waals surface area contributed by atoms with Crippen LogP contribution in [0.3, 0.4) is 0 Å². The van der Waals surface area contributed by atoms with Gasteiger partial charge >= 0.3 is 5.69 Å². The molecule has 1 saturated heterocycles. The van der Waals surface area contributed by atoms with Crippen molar-refractivity contribution in [1.29, 1.82) is 0 Å². The number of phenols is 1. The van der Waals surface area contributed by atoms with Gasteiger partial charge in [0.05, 0.1) is 26.8 Å². The standard InChI is InChI=1S/C31H31Cl2N5O3/c1-6-26(40)36-11-12-37(19(5)16-36)29-23-15-24(32)28(22-14-20(39)13-18(4)27(22)33)34-30(23)38(31(41)35-29)25-10-8-7-9-21(25)17(2)3/h6-10,13-15,17,19,39H,1,11-12,16H2,2-5H3/t19-/m0/s1. The molecule has 3 heterocycles. The zero-order valence-corrected chi connectivity index (χ0v) is 24.9. The van der Waals surface area contributed by atoms with E-state index in [0.29, 0.717) is 69.0 Å². The molecule has 2 aromatic heterocycles.